The molecule has 0 amide bonds. The van der Waals surface area contributed by atoms with Crippen LogP contribution in [0.4, 0.5) is 0 Å². The van der Waals surface area contributed by atoms with Crippen LogP contribution in [0.2, 0.25) is 0 Å². The highest BCUT2D eigenvalue weighted by Gasteiger charge is 2.25. The van der Waals surface area contributed by atoms with Gasteiger partial charge < -0.3 is 13.6 Å². The minimum atomic E-state index is -1.76. The summed E-state index contributed by atoms with van der Waals surface area (Å²) in [6, 6.07) is 9.99. The lowest BCUT2D eigenvalue weighted by Crippen LogP contribution is -2.30. The summed E-state index contributed by atoms with van der Waals surface area (Å²) in [5.74, 6) is 0. The van der Waals surface area contributed by atoms with Crippen molar-refractivity contribution in [2.45, 2.75) is 5.73 Å². The van der Waals surface area contributed by atoms with E-state index in [0.717, 1.165) is 5.56 Å². The van der Waals surface area contributed by atoms with Crippen LogP contribution >= 0.6 is 0 Å². The number of rotatable bonds is 5. The molecule has 0 aliphatic heterocycles. The van der Waals surface area contributed by atoms with Crippen LogP contribution in [0.5, 0.6) is 0 Å². The molecule has 0 saturated carbocycles. The summed E-state index contributed by atoms with van der Waals surface area (Å²) in [4.78, 5) is 0. The molecule has 0 spiro atoms. The van der Waals surface area contributed by atoms with E-state index in [1.54, 1.807) is 21.3 Å². The van der Waals surface area contributed by atoms with E-state index in [9.17, 15) is 0 Å². The first kappa shape index (κ1) is 11.4. The maximum Gasteiger partial charge on any atom is 0.355 e. The second-order valence-electron chi connectivity index (χ2n) is 2.91. The Morgan fingerprint density at radius 2 is 1.57 bits per heavy atom. The fourth-order valence-electron chi connectivity index (χ4n) is 1.39. The molecule has 4 heteroatoms. The molecule has 0 aliphatic carbocycles. The van der Waals surface area contributed by atoms with Crippen molar-refractivity contribution < 1.29 is 13.6 Å². The summed E-state index contributed by atoms with van der Waals surface area (Å²) in [6.07, 6.45) is 0. The fourth-order valence-corrected chi connectivity index (χ4v) is 2.84. The van der Waals surface area contributed by atoms with E-state index >= 15 is 0 Å². The highest BCUT2D eigenvalue weighted by Crippen LogP contribution is 2.19. The highest BCUT2D eigenvalue weighted by molar-refractivity contribution is 6.45. The van der Waals surface area contributed by atoms with Gasteiger partial charge in [-0.3, -0.25) is 0 Å². The third-order valence-corrected chi connectivity index (χ3v) is 4.17. The van der Waals surface area contributed by atoms with E-state index in [4.69, 9.17) is 13.6 Å². The predicted octanol–water partition coefficient (Wildman–Crippen LogP) is 1.43. The Morgan fingerprint density at radius 3 is 2.00 bits per heavy atom. The molecule has 0 heterocycles. The van der Waals surface area contributed by atoms with Gasteiger partial charge in [0.25, 0.3) is 0 Å². The minimum absolute atomic E-state index is 0.0498. The number of methoxy groups -OCH3 is 1. The zero-order valence-electron chi connectivity index (χ0n) is 8.77. The lowest BCUT2D eigenvalue weighted by Gasteiger charge is -2.21. The van der Waals surface area contributed by atoms with Gasteiger partial charge in [0.05, 0.1) is 0 Å². The van der Waals surface area contributed by atoms with Gasteiger partial charge in [-0.05, 0) is 5.56 Å². The smallest absolute Gasteiger partial charge is 0.355 e. The lowest BCUT2D eigenvalue weighted by atomic mass is 10.2. The Kier molecular flexibility index (Phi) is 4.82. The van der Waals surface area contributed by atoms with Crippen LogP contribution in [-0.4, -0.2) is 30.6 Å². The molecular formula is C10H16O3Si. The first-order valence-corrected chi connectivity index (χ1v) is 6.07. The van der Waals surface area contributed by atoms with Crippen molar-refractivity contribution in [2.75, 3.05) is 21.3 Å². The van der Waals surface area contributed by atoms with Crippen molar-refractivity contribution in [1.29, 1.82) is 0 Å². The fraction of sp³-hybridized carbons (Fsp3) is 0.400. The molecule has 0 bridgehead atoms. The highest BCUT2D eigenvalue weighted by atomic mass is 28.3. The standard InChI is InChI=1S/C10H16O3Si/c1-11-10(14(12-2)13-3)9-7-5-4-6-8-9/h4-8,10,14H,1-3H3. The van der Waals surface area contributed by atoms with Gasteiger partial charge in [-0.2, -0.15) is 0 Å². The van der Waals surface area contributed by atoms with Crippen LogP contribution in [0, 0.1) is 0 Å². The molecule has 0 aliphatic rings. The summed E-state index contributed by atoms with van der Waals surface area (Å²) in [5.41, 5.74) is 1.06. The Balaban J connectivity index is 2.81. The summed E-state index contributed by atoms with van der Waals surface area (Å²) in [6.45, 7) is 0. The zero-order valence-corrected chi connectivity index (χ0v) is 9.92. The number of benzene rings is 1. The Morgan fingerprint density at radius 1 is 1.00 bits per heavy atom. The average Bonchev–Trinajstić information content (AvgIpc) is 2.27. The van der Waals surface area contributed by atoms with Gasteiger partial charge >= 0.3 is 9.28 Å². The van der Waals surface area contributed by atoms with Gasteiger partial charge in [0.2, 0.25) is 0 Å². The van der Waals surface area contributed by atoms with Crippen molar-refractivity contribution in [2.24, 2.45) is 0 Å². The van der Waals surface area contributed by atoms with E-state index in [1.807, 2.05) is 30.3 Å². The van der Waals surface area contributed by atoms with Crippen molar-refractivity contribution in [1.82, 2.24) is 0 Å². The summed E-state index contributed by atoms with van der Waals surface area (Å²) >= 11 is 0. The Labute approximate surface area is 86.5 Å². The van der Waals surface area contributed by atoms with E-state index in [0.29, 0.717) is 0 Å². The van der Waals surface area contributed by atoms with Crippen LogP contribution < -0.4 is 0 Å². The van der Waals surface area contributed by atoms with Crippen molar-refractivity contribution in [3.05, 3.63) is 35.9 Å². The van der Waals surface area contributed by atoms with Crippen molar-refractivity contribution >= 4 is 9.28 Å². The second-order valence-corrected chi connectivity index (χ2v) is 5.19. The molecule has 0 N–H and O–H groups in total. The molecule has 3 nitrogen and oxygen atoms in total. The van der Waals surface area contributed by atoms with Crippen molar-refractivity contribution in [3.8, 4) is 0 Å². The van der Waals surface area contributed by atoms with E-state index in [2.05, 4.69) is 0 Å². The molecule has 0 aromatic heterocycles. The third kappa shape index (κ3) is 2.65. The van der Waals surface area contributed by atoms with Gasteiger partial charge in [-0.1, -0.05) is 30.3 Å². The normalized spacial score (nSPS) is 13.1. The van der Waals surface area contributed by atoms with Crippen molar-refractivity contribution in [3.63, 3.8) is 0 Å². The maximum absolute atomic E-state index is 5.39. The van der Waals surface area contributed by atoms with Crippen LogP contribution in [0.25, 0.3) is 0 Å². The molecule has 78 valence electrons. The molecular weight excluding hydrogens is 196 g/mol. The average molecular weight is 212 g/mol. The second kappa shape index (κ2) is 5.92. The maximum atomic E-state index is 5.39. The summed E-state index contributed by atoms with van der Waals surface area (Å²) in [5, 5.41) is 0. The molecule has 14 heavy (non-hydrogen) atoms. The van der Waals surface area contributed by atoms with E-state index < -0.39 is 9.28 Å². The molecule has 0 saturated heterocycles. The van der Waals surface area contributed by atoms with Crippen LogP contribution in [0.15, 0.2) is 30.3 Å². The monoisotopic (exact) mass is 212 g/mol. The summed E-state index contributed by atoms with van der Waals surface area (Å²) in [7, 11) is 3.24. The summed E-state index contributed by atoms with van der Waals surface area (Å²) < 4.78 is 16.0. The quantitative estimate of drug-likeness (QED) is 0.691. The Bertz CT molecular complexity index is 249. The van der Waals surface area contributed by atoms with Crippen LogP contribution in [-0.2, 0) is 13.6 Å². The molecule has 1 aromatic carbocycles. The number of hydrogen-bond acceptors (Lipinski definition) is 3. The van der Waals surface area contributed by atoms with Gasteiger partial charge in [-0.15, -0.1) is 0 Å². The first-order chi connectivity index (χ1) is 6.83. The first-order valence-electron chi connectivity index (χ1n) is 4.46. The topological polar surface area (TPSA) is 27.7 Å². The largest absolute Gasteiger partial charge is 0.398 e. The minimum Gasteiger partial charge on any atom is -0.398 e. The van der Waals surface area contributed by atoms with E-state index in [-0.39, 0.29) is 5.73 Å². The van der Waals surface area contributed by atoms with E-state index in [1.165, 1.54) is 0 Å². The molecule has 1 atom stereocenters. The zero-order chi connectivity index (χ0) is 10.4. The molecule has 1 rings (SSSR count). The van der Waals surface area contributed by atoms with Gasteiger partial charge in [0.1, 0.15) is 5.73 Å². The predicted molar refractivity (Wildman–Crippen MR) is 57.4 cm³/mol. The molecule has 1 aromatic rings. The lowest BCUT2D eigenvalue weighted by molar-refractivity contribution is 0.114. The van der Waals surface area contributed by atoms with Gasteiger partial charge in [-0.25, -0.2) is 0 Å². The molecule has 0 radical (unpaired) electrons. The van der Waals surface area contributed by atoms with Gasteiger partial charge in [0.15, 0.2) is 0 Å². The molecule has 0 fully saturated rings. The number of ether oxygens (including phenoxy) is 1. The SMILES string of the molecule is COC(c1ccccc1)[SiH](OC)OC. The van der Waals surface area contributed by atoms with Gasteiger partial charge in [0, 0.05) is 21.3 Å². The Hall–Kier alpha value is -0.683. The third-order valence-electron chi connectivity index (χ3n) is 2.09. The van der Waals surface area contributed by atoms with Crippen LogP contribution in [0.3, 0.4) is 0 Å². The molecule has 1 unspecified atom stereocenters. The van der Waals surface area contributed by atoms with Crippen LogP contribution in [0.1, 0.15) is 11.3 Å². The number of hydrogen-bond donors (Lipinski definition) is 0.